The van der Waals surface area contributed by atoms with E-state index < -0.39 is 0 Å². The van der Waals surface area contributed by atoms with E-state index in [9.17, 15) is 4.79 Å². The second kappa shape index (κ2) is 5.85. The molecule has 1 amide bonds. The summed E-state index contributed by atoms with van der Waals surface area (Å²) in [4.78, 5) is 14.2. The van der Waals surface area contributed by atoms with Gasteiger partial charge in [-0.25, -0.2) is 0 Å². The normalized spacial score (nSPS) is 24.1. The van der Waals surface area contributed by atoms with Gasteiger partial charge >= 0.3 is 0 Å². The molecule has 2 N–H and O–H groups in total. The van der Waals surface area contributed by atoms with Crippen molar-refractivity contribution in [2.24, 2.45) is 11.7 Å². The van der Waals surface area contributed by atoms with Crippen molar-refractivity contribution in [1.29, 1.82) is 0 Å². The number of hydrogen-bond donors (Lipinski definition) is 1. The summed E-state index contributed by atoms with van der Waals surface area (Å²) < 4.78 is 0. The van der Waals surface area contributed by atoms with Gasteiger partial charge < -0.3 is 10.6 Å². The minimum atomic E-state index is -0.0629. The van der Waals surface area contributed by atoms with Crippen LogP contribution in [0, 0.1) is 5.92 Å². The molecule has 1 aliphatic heterocycles. The van der Waals surface area contributed by atoms with Crippen LogP contribution in [0.5, 0.6) is 0 Å². The Balaban J connectivity index is 2.45. The molecule has 17 heavy (non-hydrogen) atoms. The number of carbonyl (C=O) groups excluding carboxylic acids is 1. The fraction of sp³-hybridized carbons (Fsp3) is 0.929. The maximum absolute atomic E-state index is 12.2. The minimum absolute atomic E-state index is 0.0629. The third-order valence-corrected chi connectivity index (χ3v) is 3.69. The molecule has 3 nitrogen and oxygen atoms in total. The van der Waals surface area contributed by atoms with Crippen molar-refractivity contribution in [1.82, 2.24) is 4.90 Å². The lowest BCUT2D eigenvalue weighted by Crippen LogP contribution is -2.55. The molecule has 1 fully saturated rings. The van der Waals surface area contributed by atoms with Crippen molar-refractivity contribution >= 4 is 5.91 Å². The van der Waals surface area contributed by atoms with Gasteiger partial charge in [-0.15, -0.1) is 0 Å². The molecule has 1 saturated heterocycles. The summed E-state index contributed by atoms with van der Waals surface area (Å²) in [6.07, 6.45) is 4.70. The third kappa shape index (κ3) is 4.30. The molecule has 0 radical (unpaired) electrons. The first-order valence-electron chi connectivity index (χ1n) is 6.89. The summed E-state index contributed by atoms with van der Waals surface area (Å²) in [5, 5.41) is 0. The van der Waals surface area contributed by atoms with Crippen LogP contribution < -0.4 is 5.73 Å². The molecule has 1 heterocycles. The van der Waals surface area contributed by atoms with Crippen molar-refractivity contribution in [2.45, 2.75) is 71.4 Å². The summed E-state index contributed by atoms with van der Waals surface area (Å²) in [5.74, 6) is 0.994. The van der Waals surface area contributed by atoms with Gasteiger partial charge in [0.1, 0.15) is 0 Å². The Kier molecular flexibility index (Phi) is 4.99. The zero-order chi connectivity index (χ0) is 13.1. The van der Waals surface area contributed by atoms with Crippen LogP contribution >= 0.6 is 0 Å². The molecule has 1 aliphatic rings. The second-order valence-corrected chi connectivity index (χ2v) is 6.40. The van der Waals surface area contributed by atoms with Gasteiger partial charge in [0, 0.05) is 24.5 Å². The summed E-state index contributed by atoms with van der Waals surface area (Å²) in [7, 11) is 0. The number of rotatable bonds is 4. The van der Waals surface area contributed by atoms with Crippen molar-refractivity contribution in [3.05, 3.63) is 0 Å². The molecule has 1 atom stereocenters. The molecule has 3 heteroatoms. The number of carbonyl (C=O) groups is 1. The lowest BCUT2D eigenvalue weighted by atomic mass is 9.87. The van der Waals surface area contributed by atoms with E-state index in [0.29, 0.717) is 18.2 Å². The molecule has 100 valence electrons. The van der Waals surface area contributed by atoms with Crippen LogP contribution in [0.1, 0.15) is 59.8 Å². The highest BCUT2D eigenvalue weighted by Crippen LogP contribution is 2.27. The van der Waals surface area contributed by atoms with E-state index in [-0.39, 0.29) is 11.6 Å². The summed E-state index contributed by atoms with van der Waals surface area (Å²) in [6, 6.07) is 0.254. The van der Waals surface area contributed by atoms with E-state index in [1.54, 1.807) is 0 Å². The van der Waals surface area contributed by atoms with E-state index in [0.717, 1.165) is 32.2 Å². The number of nitrogens with zero attached hydrogens (tertiary/aromatic N) is 1. The topological polar surface area (TPSA) is 46.3 Å². The van der Waals surface area contributed by atoms with Gasteiger partial charge in [-0.1, -0.05) is 20.3 Å². The van der Waals surface area contributed by atoms with E-state index in [1.165, 1.54) is 0 Å². The lowest BCUT2D eigenvalue weighted by molar-refractivity contribution is -0.138. The zero-order valence-electron chi connectivity index (χ0n) is 11.8. The van der Waals surface area contributed by atoms with Crippen LogP contribution in [0.15, 0.2) is 0 Å². The highest BCUT2D eigenvalue weighted by atomic mass is 16.2. The van der Waals surface area contributed by atoms with Crippen LogP contribution in [0.2, 0.25) is 0 Å². The van der Waals surface area contributed by atoms with Crippen molar-refractivity contribution in [2.75, 3.05) is 6.54 Å². The molecule has 0 aromatic carbocycles. The number of likely N-dealkylation sites (tertiary alicyclic amines) is 1. The van der Waals surface area contributed by atoms with Crippen LogP contribution in [0.3, 0.4) is 0 Å². The smallest absolute Gasteiger partial charge is 0.223 e. The predicted molar refractivity (Wildman–Crippen MR) is 71.7 cm³/mol. The summed E-state index contributed by atoms with van der Waals surface area (Å²) >= 11 is 0. The SMILES string of the molecule is CC(C)CCCC(=O)N1CCC(N)CC1(C)C. The Morgan fingerprint density at radius 3 is 2.65 bits per heavy atom. The molecular formula is C14H28N2O. The Bertz CT molecular complexity index is 261. The maximum Gasteiger partial charge on any atom is 0.223 e. The molecule has 1 unspecified atom stereocenters. The fourth-order valence-corrected chi connectivity index (χ4v) is 2.71. The summed E-state index contributed by atoms with van der Waals surface area (Å²) in [6.45, 7) is 9.50. The van der Waals surface area contributed by atoms with Gasteiger partial charge in [0.2, 0.25) is 5.91 Å². The maximum atomic E-state index is 12.2. The molecule has 0 spiro atoms. The Labute approximate surface area is 106 Å². The molecule has 0 aromatic heterocycles. The van der Waals surface area contributed by atoms with Crippen LogP contribution in [-0.4, -0.2) is 28.9 Å². The predicted octanol–water partition coefficient (Wildman–Crippen LogP) is 2.54. The first-order valence-corrected chi connectivity index (χ1v) is 6.89. The van der Waals surface area contributed by atoms with Crippen molar-refractivity contribution in [3.8, 4) is 0 Å². The van der Waals surface area contributed by atoms with E-state index in [4.69, 9.17) is 5.73 Å². The monoisotopic (exact) mass is 240 g/mol. The molecular weight excluding hydrogens is 212 g/mol. The van der Waals surface area contributed by atoms with Gasteiger partial charge in [0.15, 0.2) is 0 Å². The highest BCUT2D eigenvalue weighted by Gasteiger charge is 2.35. The average Bonchev–Trinajstić information content (AvgIpc) is 2.14. The van der Waals surface area contributed by atoms with Crippen LogP contribution in [-0.2, 0) is 4.79 Å². The highest BCUT2D eigenvalue weighted by molar-refractivity contribution is 5.77. The van der Waals surface area contributed by atoms with Crippen LogP contribution in [0.25, 0.3) is 0 Å². The van der Waals surface area contributed by atoms with Crippen molar-refractivity contribution in [3.63, 3.8) is 0 Å². The second-order valence-electron chi connectivity index (χ2n) is 6.40. The van der Waals surface area contributed by atoms with E-state index in [1.807, 2.05) is 4.90 Å². The fourth-order valence-electron chi connectivity index (χ4n) is 2.71. The third-order valence-electron chi connectivity index (χ3n) is 3.69. The molecule has 1 rings (SSSR count). The van der Waals surface area contributed by atoms with Gasteiger partial charge in [0.05, 0.1) is 0 Å². The lowest BCUT2D eigenvalue weighted by Gasteiger charge is -2.45. The van der Waals surface area contributed by atoms with Gasteiger partial charge in [-0.3, -0.25) is 4.79 Å². The quantitative estimate of drug-likeness (QED) is 0.821. The molecule has 0 aromatic rings. The Morgan fingerprint density at radius 2 is 2.12 bits per heavy atom. The van der Waals surface area contributed by atoms with Crippen molar-refractivity contribution < 1.29 is 4.79 Å². The Hall–Kier alpha value is -0.570. The molecule has 0 saturated carbocycles. The van der Waals surface area contributed by atoms with Gasteiger partial charge in [-0.2, -0.15) is 0 Å². The van der Waals surface area contributed by atoms with E-state index >= 15 is 0 Å². The molecule has 0 aliphatic carbocycles. The largest absolute Gasteiger partial charge is 0.337 e. The van der Waals surface area contributed by atoms with Gasteiger partial charge in [0.25, 0.3) is 0 Å². The average molecular weight is 240 g/mol. The first kappa shape index (κ1) is 14.5. The standard InChI is InChI=1S/C14H28N2O/c1-11(2)6-5-7-13(17)16-9-8-12(15)10-14(16,3)4/h11-12H,5-10,15H2,1-4H3. The van der Waals surface area contributed by atoms with E-state index in [2.05, 4.69) is 27.7 Å². The van der Waals surface area contributed by atoms with Crippen LogP contribution in [0.4, 0.5) is 0 Å². The number of nitrogens with two attached hydrogens (primary N) is 1. The Morgan fingerprint density at radius 1 is 1.47 bits per heavy atom. The number of piperidine rings is 1. The molecule has 0 bridgehead atoms. The first-order chi connectivity index (χ1) is 7.83. The minimum Gasteiger partial charge on any atom is -0.337 e. The zero-order valence-corrected chi connectivity index (χ0v) is 11.8. The van der Waals surface area contributed by atoms with Gasteiger partial charge in [-0.05, 0) is 39.0 Å². The number of hydrogen-bond acceptors (Lipinski definition) is 2. The summed E-state index contributed by atoms with van der Waals surface area (Å²) in [5.41, 5.74) is 5.91. The number of amides is 1.